The first kappa shape index (κ1) is 30.7. The van der Waals surface area contributed by atoms with Gasteiger partial charge in [0.2, 0.25) is 11.6 Å². The van der Waals surface area contributed by atoms with Crippen molar-refractivity contribution in [2.75, 3.05) is 13.1 Å². The number of halogens is 2. The van der Waals surface area contributed by atoms with E-state index in [4.69, 9.17) is 6.57 Å². The lowest BCUT2D eigenvalue weighted by Crippen LogP contribution is -2.64. The van der Waals surface area contributed by atoms with Gasteiger partial charge in [-0.15, -0.1) is 0 Å². The van der Waals surface area contributed by atoms with Crippen LogP contribution >= 0.6 is 0 Å². The van der Waals surface area contributed by atoms with Gasteiger partial charge in [0.05, 0.1) is 13.1 Å². The van der Waals surface area contributed by atoms with Crippen molar-refractivity contribution in [2.24, 2.45) is 50.7 Å². The van der Waals surface area contributed by atoms with Crippen LogP contribution in [0, 0.1) is 57.3 Å². The van der Waals surface area contributed by atoms with E-state index in [9.17, 15) is 23.2 Å². The van der Waals surface area contributed by atoms with Crippen LogP contribution in [0.25, 0.3) is 4.85 Å². The molecule has 0 aromatic heterocycles. The Morgan fingerprint density at radius 3 is 2.37 bits per heavy atom. The molecule has 5 aliphatic carbocycles. The van der Waals surface area contributed by atoms with E-state index in [1.165, 1.54) is 4.90 Å². The lowest BCUT2D eigenvalue weighted by molar-refractivity contribution is -0.171. The van der Waals surface area contributed by atoms with Crippen LogP contribution in [-0.4, -0.2) is 41.4 Å². The number of hydrogen-bond acceptors (Lipinski definition) is 3. The van der Waals surface area contributed by atoms with Crippen molar-refractivity contribution < 1.29 is 23.2 Å². The summed E-state index contributed by atoms with van der Waals surface area (Å²) in [5, 5.41) is 0. The molecular formula is C36H48F2N2O3. The average Bonchev–Trinajstić information content (AvgIpc) is 3.30. The van der Waals surface area contributed by atoms with E-state index in [0.29, 0.717) is 6.42 Å². The van der Waals surface area contributed by atoms with E-state index < -0.39 is 17.9 Å². The summed E-state index contributed by atoms with van der Waals surface area (Å²) in [4.78, 5) is 45.7. The standard InChI is InChI=1S/C36H48F2N2O3/c1-22-23-8-10-33(5)27(32(23,4)20-25(39-7)30(22)43)18-26(41)29-24-19-31(2,3)12-14-35(24,15-13-34(29,33)6)11-9-28(42)40-17-16-36(37,38)21-40/h18,20,22-24,29H,8-17,19,21H2,1-6H3/t22-,23-,24-,29-,32-,33+,34+,35+/m0/s1. The number of allylic oxidation sites excluding steroid dienone is 4. The van der Waals surface area contributed by atoms with Crippen LogP contribution in [0.4, 0.5) is 8.78 Å². The summed E-state index contributed by atoms with van der Waals surface area (Å²) in [6.07, 6.45) is 11.0. The number of amides is 1. The number of Topliss-reactive ketones (excluding diaryl/α,β-unsaturated/α-hetero) is 1. The molecule has 8 atom stereocenters. The molecule has 0 radical (unpaired) electrons. The minimum absolute atomic E-state index is 0.0676. The number of hydrogen-bond donors (Lipinski definition) is 0. The third-order valence-corrected chi connectivity index (χ3v) is 14.0. The Morgan fingerprint density at radius 2 is 1.72 bits per heavy atom. The minimum atomic E-state index is -2.80. The Kier molecular flexibility index (Phi) is 6.82. The lowest BCUT2D eigenvalue weighted by Gasteiger charge is -2.69. The molecule has 0 aromatic carbocycles. The first-order valence-electron chi connectivity index (χ1n) is 16.5. The molecule has 6 rings (SSSR count). The molecule has 4 fully saturated rings. The third-order valence-electron chi connectivity index (χ3n) is 14.0. The maximum atomic E-state index is 14.6. The van der Waals surface area contributed by atoms with Crippen LogP contribution < -0.4 is 0 Å². The Bertz CT molecular complexity index is 1370. The van der Waals surface area contributed by atoms with Crippen LogP contribution in [0.3, 0.4) is 0 Å². The van der Waals surface area contributed by atoms with E-state index in [2.05, 4.69) is 39.5 Å². The van der Waals surface area contributed by atoms with E-state index in [0.717, 1.165) is 50.5 Å². The number of fused-ring (bicyclic) bond motifs is 7. The molecule has 0 spiro atoms. The molecule has 7 heteroatoms. The fourth-order valence-electron chi connectivity index (χ4n) is 11.2. The Balaban J connectivity index is 1.38. The van der Waals surface area contributed by atoms with Crippen molar-refractivity contribution in [3.8, 4) is 0 Å². The molecule has 43 heavy (non-hydrogen) atoms. The van der Waals surface area contributed by atoms with Gasteiger partial charge < -0.3 is 9.69 Å². The molecule has 0 aromatic rings. The fourth-order valence-corrected chi connectivity index (χ4v) is 11.2. The van der Waals surface area contributed by atoms with Gasteiger partial charge in [-0.1, -0.05) is 53.2 Å². The quantitative estimate of drug-likeness (QED) is 0.313. The SMILES string of the molecule is [C-]#[N+]C1=C[C@]2(C)C3=CC(=O)[C@@H]4[C@@H]5CC(C)(C)CC[C@]5(CCC(=O)N5CCC(F)(F)C5)CC[C@@]4(C)[C@]3(C)CC[C@H]2[C@H](C)C1=O. The first-order chi connectivity index (χ1) is 19.9. The highest BCUT2D eigenvalue weighted by molar-refractivity contribution is 6.01. The molecule has 0 unspecified atom stereocenters. The molecule has 0 N–H and O–H groups in total. The Hall–Kier alpha value is -2.36. The summed E-state index contributed by atoms with van der Waals surface area (Å²) in [5.74, 6) is -3.12. The second-order valence-corrected chi connectivity index (χ2v) is 16.7. The zero-order chi connectivity index (χ0) is 31.4. The molecule has 1 aliphatic heterocycles. The van der Waals surface area contributed by atoms with E-state index in [1.54, 1.807) is 0 Å². The summed E-state index contributed by atoms with van der Waals surface area (Å²) in [6.45, 7) is 20.7. The summed E-state index contributed by atoms with van der Waals surface area (Å²) in [5.41, 5.74) is 0.163. The fraction of sp³-hybridized carbons (Fsp3) is 0.778. The Morgan fingerprint density at radius 1 is 1.02 bits per heavy atom. The first-order valence-corrected chi connectivity index (χ1v) is 16.5. The van der Waals surface area contributed by atoms with Gasteiger partial charge in [-0.2, -0.15) is 0 Å². The number of ketones is 2. The minimum Gasteiger partial charge on any atom is -0.336 e. The Labute approximate surface area is 255 Å². The van der Waals surface area contributed by atoms with Crippen molar-refractivity contribution in [3.63, 3.8) is 0 Å². The van der Waals surface area contributed by atoms with Crippen LogP contribution in [0.15, 0.2) is 23.4 Å². The number of likely N-dealkylation sites (tertiary alicyclic amines) is 1. The molecule has 5 nitrogen and oxygen atoms in total. The van der Waals surface area contributed by atoms with Gasteiger partial charge in [0.15, 0.2) is 11.6 Å². The highest BCUT2D eigenvalue weighted by Gasteiger charge is 2.68. The summed E-state index contributed by atoms with van der Waals surface area (Å²) >= 11 is 0. The van der Waals surface area contributed by atoms with Gasteiger partial charge in [0, 0.05) is 36.6 Å². The monoisotopic (exact) mass is 594 g/mol. The van der Waals surface area contributed by atoms with Crippen molar-refractivity contribution in [1.82, 2.24) is 4.90 Å². The van der Waals surface area contributed by atoms with Gasteiger partial charge in [-0.05, 0) is 90.9 Å². The highest BCUT2D eigenvalue weighted by atomic mass is 19.3. The second kappa shape index (κ2) is 9.57. The van der Waals surface area contributed by atoms with Crippen molar-refractivity contribution in [1.29, 1.82) is 0 Å². The summed E-state index contributed by atoms with van der Waals surface area (Å²) < 4.78 is 27.8. The number of carbonyl (C=O) groups excluding carboxylic acids is 3. The third kappa shape index (κ3) is 4.35. The van der Waals surface area contributed by atoms with Crippen LogP contribution in [-0.2, 0) is 14.4 Å². The number of nitrogens with zero attached hydrogens (tertiary/aromatic N) is 2. The molecule has 6 aliphatic rings. The largest absolute Gasteiger partial charge is 0.336 e. The van der Waals surface area contributed by atoms with E-state index in [1.807, 2.05) is 19.1 Å². The zero-order valence-corrected chi connectivity index (χ0v) is 26.8. The van der Waals surface area contributed by atoms with Gasteiger partial charge >= 0.3 is 0 Å². The molecule has 1 amide bonds. The lowest BCUT2D eigenvalue weighted by atomic mass is 9.34. The molecule has 1 heterocycles. The topological polar surface area (TPSA) is 58.8 Å². The van der Waals surface area contributed by atoms with Gasteiger partial charge in [0.1, 0.15) is 0 Å². The van der Waals surface area contributed by atoms with Gasteiger partial charge in [-0.25, -0.2) is 13.6 Å². The molecule has 3 saturated carbocycles. The van der Waals surface area contributed by atoms with Crippen LogP contribution in [0.1, 0.15) is 106 Å². The predicted molar refractivity (Wildman–Crippen MR) is 161 cm³/mol. The van der Waals surface area contributed by atoms with Crippen LogP contribution in [0.2, 0.25) is 0 Å². The normalized spacial score (nSPS) is 44.7. The molecular weight excluding hydrogens is 546 g/mol. The molecule has 1 saturated heterocycles. The highest BCUT2D eigenvalue weighted by Crippen LogP contribution is 2.74. The second-order valence-electron chi connectivity index (χ2n) is 16.7. The van der Waals surface area contributed by atoms with E-state index in [-0.39, 0.29) is 87.9 Å². The molecule has 234 valence electrons. The van der Waals surface area contributed by atoms with Crippen molar-refractivity contribution >= 4 is 17.5 Å². The summed E-state index contributed by atoms with van der Waals surface area (Å²) in [7, 11) is 0. The smallest absolute Gasteiger partial charge is 0.267 e. The summed E-state index contributed by atoms with van der Waals surface area (Å²) in [6, 6.07) is 0. The van der Waals surface area contributed by atoms with E-state index >= 15 is 0 Å². The number of rotatable bonds is 3. The maximum absolute atomic E-state index is 14.6. The van der Waals surface area contributed by atoms with Crippen LogP contribution in [0.5, 0.6) is 0 Å². The van der Waals surface area contributed by atoms with Crippen molar-refractivity contribution in [3.05, 3.63) is 34.8 Å². The average molecular weight is 595 g/mol. The predicted octanol–water partition coefficient (Wildman–Crippen LogP) is 7.82. The van der Waals surface area contributed by atoms with Gasteiger partial charge in [0.25, 0.3) is 5.92 Å². The zero-order valence-electron chi connectivity index (χ0n) is 26.8. The van der Waals surface area contributed by atoms with Gasteiger partial charge in [-0.3, -0.25) is 9.59 Å². The number of alkyl halides is 2. The maximum Gasteiger partial charge on any atom is 0.267 e. The van der Waals surface area contributed by atoms with Crippen molar-refractivity contribution in [2.45, 2.75) is 112 Å². The number of carbonyl (C=O) groups is 3. The molecule has 0 bridgehead atoms.